The summed E-state index contributed by atoms with van der Waals surface area (Å²) in [5.74, 6) is 0.771. The van der Waals surface area contributed by atoms with Gasteiger partial charge >= 0.3 is 12.2 Å². The molecule has 0 aliphatic heterocycles. The minimum atomic E-state index is -4.64. The zero-order valence-corrected chi connectivity index (χ0v) is 22.1. The first-order valence-electron chi connectivity index (χ1n) is 11.9. The Hall–Kier alpha value is -5.17. The number of H-pyrrole nitrogens is 1. The lowest BCUT2D eigenvalue weighted by Gasteiger charge is -2.12. The Labute approximate surface area is 237 Å². The Morgan fingerprint density at radius 3 is 2.34 bits per heavy atom. The number of amides is 2. The van der Waals surface area contributed by atoms with Gasteiger partial charge in [0.05, 0.1) is 28.2 Å². The summed E-state index contributed by atoms with van der Waals surface area (Å²) in [4.78, 5) is 24.3. The molecule has 5 rings (SSSR count). The molecule has 0 aliphatic rings. The van der Waals surface area contributed by atoms with E-state index in [0.717, 1.165) is 23.4 Å². The van der Waals surface area contributed by atoms with Gasteiger partial charge in [0.25, 0.3) is 0 Å². The molecule has 14 heteroatoms. The van der Waals surface area contributed by atoms with Crippen molar-refractivity contribution in [1.82, 2.24) is 25.1 Å². The van der Waals surface area contributed by atoms with Gasteiger partial charge in [-0.15, -0.1) is 0 Å². The number of hydrogen-bond donors (Lipinski definition) is 5. The number of nitrogen functional groups attached to an aromatic ring is 1. The summed E-state index contributed by atoms with van der Waals surface area (Å²) in [7, 11) is 0. The molecule has 0 atom stereocenters. The molecule has 0 fully saturated rings. The Morgan fingerprint density at radius 2 is 1.71 bits per heavy atom. The number of nitrogens with two attached hydrogens (primary N) is 1. The third-order valence-electron chi connectivity index (χ3n) is 5.24. The first kappa shape index (κ1) is 28.8. The summed E-state index contributed by atoms with van der Waals surface area (Å²) < 4.78 is 38.7. The summed E-state index contributed by atoms with van der Waals surface area (Å²) in [6, 6.07) is 19.0. The van der Waals surface area contributed by atoms with Crippen molar-refractivity contribution < 1.29 is 18.0 Å². The molecule has 2 aromatic carbocycles. The van der Waals surface area contributed by atoms with Crippen molar-refractivity contribution in [3.63, 3.8) is 0 Å². The quantitative estimate of drug-likeness (QED) is 0.152. The SMILES string of the molecule is Cc1cc(N)nc(Nc2ccc(NC(=O)Nc3ccc(Cl)c(C(F)(F)F)c3)nc2)n1.c1ccc(-c2cc[nH]n2)cc1. The van der Waals surface area contributed by atoms with Crippen LogP contribution in [0.25, 0.3) is 11.3 Å². The van der Waals surface area contributed by atoms with Crippen molar-refractivity contribution in [2.45, 2.75) is 13.1 Å². The maximum atomic E-state index is 12.9. The molecule has 10 nitrogen and oxygen atoms in total. The van der Waals surface area contributed by atoms with Crippen LogP contribution in [0.3, 0.4) is 0 Å². The van der Waals surface area contributed by atoms with Gasteiger partial charge in [-0.05, 0) is 43.3 Å². The molecule has 0 unspecified atom stereocenters. The van der Waals surface area contributed by atoms with E-state index in [4.69, 9.17) is 17.3 Å². The van der Waals surface area contributed by atoms with Crippen LogP contribution < -0.4 is 21.7 Å². The number of aromatic amines is 1. The molecular formula is C27H23ClF3N9O. The predicted molar refractivity (Wildman–Crippen MR) is 152 cm³/mol. The first-order valence-corrected chi connectivity index (χ1v) is 12.3. The largest absolute Gasteiger partial charge is 0.417 e. The zero-order chi connectivity index (χ0) is 29.4. The van der Waals surface area contributed by atoms with Gasteiger partial charge in [0.1, 0.15) is 11.6 Å². The molecule has 0 saturated heterocycles. The number of anilines is 5. The van der Waals surface area contributed by atoms with Crippen molar-refractivity contribution in [1.29, 1.82) is 0 Å². The second-order valence-corrected chi connectivity index (χ2v) is 8.82. The standard InChI is InChI=1S/C18H15ClF3N7O.C9H8N2/c1-9-6-14(23)28-16(25-9)26-11-3-5-15(24-8-11)29-17(30)27-10-2-4-13(19)12(7-10)18(20,21)22;1-2-4-8(5-3-1)9-6-7-10-11-9/h2-8H,1H3,(H3,23,25,26,28)(H2,24,27,29,30);1-7H,(H,10,11). The number of nitrogens with zero attached hydrogens (tertiary/aromatic N) is 4. The number of carbonyl (C=O) groups is 1. The minimum Gasteiger partial charge on any atom is -0.384 e. The number of rotatable bonds is 5. The van der Waals surface area contributed by atoms with E-state index in [9.17, 15) is 18.0 Å². The van der Waals surface area contributed by atoms with Crippen molar-refractivity contribution in [3.05, 3.63) is 101 Å². The summed E-state index contributed by atoms with van der Waals surface area (Å²) in [5.41, 5.74) is 7.91. The van der Waals surface area contributed by atoms with Crippen LogP contribution in [0.2, 0.25) is 5.02 Å². The van der Waals surface area contributed by atoms with E-state index in [1.807, 2.05) is 42.6 Å². The molecule has 0 aliphatic carbocycles. The Kier molecular flexibility index (Phi) is 8.99. The lowest BCUT2D eigenvalue weighted by molar-refractivity contribution is -0.137. The monoisotopic (exact) mass is 581 g/mol. The van der Waals surface area contributed by atoms with E-state index in [1.54, 1.807) is 19.1 Å². The highest BCUT2D eigenvalue weighted by Crippen LogP contribution is 2.36. The lowest BCUT2D eigenvalue weighted by Crippen LogP contribution is -2.20. The van der Waals surface area contributed by atoms with Gasteiger partial charge in [0.2, 0.25) is 5.95 Å². The van der Waals surface area contributed by atoms with Crippen LogP contribution in [-0.4, -0.2) is 31.2 Å². The molecule has 3 aromatic heterocycles. The number of aromatic nitrogens is 5. The number of nitrogens with one attached hydrogen (secondary N) is 4. The summed E-state index contributed by atoms with van der Waals surface area (Å²) in [6.07, 6.45) is -1.40. The van der Waals surface area contributed by atoms with Gasteiger partial charge in [-0.25, -0.2) is 14.8 Å². The lowest BCUT2D eigenvalue weighted by atomic mass is 10.2. The number of benzene rings is 2. The molecule has 0 spiro atoms. The fraction of sp³-hybridized carbons (Fsp3) is 0.0741. The van der Waals surface area contributed by atoms with Crippen LogP contribution in [0.4, 0.5) is 46.9 Å². The summed E-state index contributed by atoms with van der Waals surface area (Å²) >= 11 is 5.56. The average molecular weight is 582 g/mol. The number of hydrogen-bond acceptors (Lipinski definition) is 7. The molecule has 3 heterocycles. The van der Waals surface area contributed by atoms with E-state index in [1.165, 1.54) is 18.3 Å². The first-order chi connectivity index (χ1) is 19.6. The maximum Gasteiger partial charge on any atom is 0.417 e. The highest BCUT2D eigenvalue weighted by atomic mass is 35.5. The second-order valence-electron chi connectivity index (χ2n) is 8.41. The number of urea groups is 1. The highest BCUT2D eigenvalue weighted by molar-refractivity contribution is 6.31. The number of carbonyl (C=O) groups excluding carboxylic acids is 1. The number of aryl methyl sites for hydroxylation is 1. The van der Waals surface area contributed by atoms with Crippen LogP contribution in [0.1, 0.15) is 11.3 Å². The van der Waals surface area contributed by atoms with Gasteiger partial charge in [0, 0.05) is 29.2 Å². The third kappa shape index (κ3) is 8.41. The van der Waals surface area contributed by atoms with Gasteiger partial charge in [-0.1, -0.05) is 41.9 Å². The average Bonchev–Trinajstić information content (AvgIpc) is 3.46. The molecule has 0 radical (unpaired) electrons. The Morgan fingerprint density at radius 1 is 0.951 bits per heavy atom. The molecule has 0 saturated carbocycles. The van der Waals surface area contributed by atoms with Crippen molar-refractivity contribution in [2.24, 2.45) is 0 Å². The molecule has 5 aromatic rings. The van der Waals surface area contributed by atoms with Crippen molar-refractivity contribution in [2.75, 3.05) is 21.7 Å². The highest BCUT2D eigenvalue weighted by Gasteiger charge is 2.33. The fourth-order valence-corrected chi connectivity index (χ4v) is 3.67. The predicted octanol–water partition coefficient (Wildman–Crippen LogP) is 6.90. The molecule has 210 valence electrons. The molecular weight excluding hydrogens is 559 g/mol. The van der Waals surface area contributed by atoms with Gasteiger partial charge in [-0.2, -0.15) is 23.3 Å². The van der Waals surface area contributed by atoms with Crippen LogP contribution in [0, 0.1) is 6.92 Å². The summed E-state index contributed by atoms with van der Waals surface area (Å²) in [5, 5.41) is 14.0. The molecule has 2 amide bonds. The Balaban J connectivity index is 0.000000291. The zero-order valence-electron chi connectivity index (χ0n) is 21.4. The van der Waals surface area contributed by atoms with Gasteiger partial charge in [0.15, 0.2) is 0 Å². The van der Waals surface area contributed by atoms with E-state index >= 15 is 0 Å². The molecule has 41 heavy (non-hydrogen) atoms. The van der Waals surface area contributed by atoms with Crippen LogP contribution >= 0.6 is 11.6 Å². The van der Waals surface area contributed by atoms with E-state index in [-0.39, 0.29) is 17.5 Å². The molecule has 0 bridgehead atoms. The number of pyridine rings is 1. The topological polar surface area (TPSA) is 147 Å². The van der Waals surface area contributed by atoms with Crippen LogP contribution in [-0.2, 0) is 6.18 Å². The van der Waals surface area contributed by atoms with Gasteiger partial charge in [-0.3, -0.25) is 10.4 Å². The maximum absolute atomic E-state index is 12.9. The number of alkyl halides is 3. The minimum absolute atomic E-state index is 0.0725. The normalized spacial score (nSPS) is 10.8. The smallest absolute Gasteiger partial charge is 0.384 e. The second kappa shape index (κ2) is 12.8. The van der Waals surface area contributed by atoms with E-state index < -0.39 is 22.8 Å². The van der Waals surface area contributed by atoms with Crippen molar-refractivity contribution in [3.8, 4) is 11.3 Å². The van der Waals surface area contributed by atoms with Crippen LogP contribution in [0.15, 0.2) is 85.2 Å². The van der Waals surface area contributed by atoms with E-state index in [2.05, 4.69) is 41.1 Å². The third-order valence-corrected chi connectivity index (χ3v) is 5.56. The van der Waals surface area contributed by atoms with Crippen LogP contribution in [0.5, 0.6) is 0 Å². The fourth-order valence-electron chi connectivity index (χ4n) is 3.45. The number of halogens is 4. The van der Waals surface area contributed by atoms with Crippen molar-refractivity contribution >= 4 is 46.6 Å². The summed E-state index contributed by atoms with van der Waals surface area (Å²) in [6.45, 7) is 1.77. The van der Waals surface area contributed by atoms with E-state index in [0.29, 0.717) is 17.2 Å². The molecule has 6 N–H and O–H groups in total. The van der Waals surface area contributed by atoms with Gasteiger partial charge < -0.3 is 16.4 Å². The Bertz CT molecular complexity index is 1580.